The molecule has 0 radical (unpaired) electrons. The first-order valence-electron chi connectivity index (χ1n) is 7.68. The summed E-state index contributed by atoms with van der Waals surface area (Å²) in [5.74, 6) is 1.35. The van der Waals surface area contributed by atoms with E-state index in [9.17, 15) is 4.39 Å². The molecule has 1 aliphatic carbocycles. The molecule has 0 spiro atoms. The largest absolute Gasteiger partial charge is 0.497 e. The fourth-order valence-electron chi connectivity index (χ4n) is 3.18. The van der Waals surface area contributed by atoms with Crippen molar-refractivity contribution in [3.8, 4) is 5.75 Å². The highest BCUT2D eigenvalue weighted by molar-refractivity contribution is 5.31. The number of rotatable bonds is 5. The van der Waals surface area contributed by atoms with Crippen LogP contribution in [0.5, 0.6) is 5.75 Å². The topological polar surface area (TPSA) is 21.3 Å². The van der Waals surface area contributed by atoms with Crippen LogP contribution in [0.2, 0.25) is 0 Å². The molecule has 2 atom stereocenters. The Kier molecular flexibility index (Phi) is 5.41. The maximum absolute atomic E-state index is 14.3. The fraction of sp³-hybridized carbons (Fsp3) is 0.647. The highest BCUT2D eigenvalue weighted by atomic mass is 19.1. The van der Waals surface area contributed by atoms with E-state index in [2.05, 4.69) is 19.2 Å². The van der Waals surface area contributed by atoms with Gasteiger partial charge in [-0.15, -0.1) is 0 Å². The molecule has 0 saturated heterocycles. The van der Waals surface area contributed by atoms with Crippen molar-refractivity contribution in [1.82, 2.24) is 5.32 Å². The molecule has 0 amide bonds. The molecule has 2 rings (SSSR count). The van der Waals surface area contributed by atoms with E-state index in [-0.39, 0.29) is 5.82 Å². The van der Waals surface area contributed by atoms with Gasteiger partial charge in [-0.2, -0.15) is 0 Å². The second kappa shape index (κ2) is 7.07. The first-order chi connectivity index (χ1) is 9.61. The molecule has 0 aromatic heterocycles. The average Bonchev–Trinajstić information content (AvgIpc) is 2.45. The van der Waals surface area contributed by atoms with Crippen LogP contribution >= 0.6 is 0 Å². The lowest BCUT2D eigenvalue weighted by molar-refractivity contribution is 0.284. The quantitative estimate of drug-likeness (QED) is 0.876. The number of hydrogen-bond acceptors (Lipinski definition) is 2. The summed E-state index contributed by atoms with van der Waals surface area (Å²) in [6, 6.07) is 5.78. The minimum absolute atomic E-state index is 0.120. The normalized spacial score (nSPS) is 23.1. The summed E-state index contributed by atoms with van der Waals surface area (Å²) in [5.41, 5.74) is 0.862. The predicted molar refractivity (Wildman–Crippen MR) is 80.8 cm³/mol. The van der Waals surface area contributed by atoms with Gasteiger partial charge in [-0.1, -0.05) is 32.8 Å². The number of halogens is 1. The Hall–Kier alpha value is -1.09. The number of benzene rings is 1. The number of nitrogens with one attached hydrogen (secondary N) is 1. The zero-order valence-electron chi connectivity index (χ0n) is 12.8. The number of ether oxygens (including phenoxy) is 1. The van der Waals surface area contributed by atoms with Gasteiger partial charge in [0.1, 0.15) is 11.6 Å². The first-order valence-corrected chi connectivity index (χ1v) is 7.68. The molecule has 2 nitrogen and oxygen atoms in total. The third-order valence-corrected chi connectivity index (χ3v) is 4.30. The van der Waals surface area contributed by atoms with Crippen molar-refractivity contribution in [1.29, 1.82) is 0 Å². The summed E-state index contributed by atoms with van der Waals surface area (Å²) in [4.78, 5) is 0. The Morgan fingerprint density at radius 2 is 2.05 bits per heavy atom. The maximum atomic E-state index is 14.3. The number of hydrogen-bond donors (Lipinski definition) is 1. The molecule has 1 fully saturated rings. The highest BCUT2D eigenvalue weighted by Gasteiger charge is 2.28. The van der Waals surface area contributed by atoms with Crippen LogP contribution in [0.4, 0.5) is 4.39 Å². The van der Waals surface area contributed by atoms with Crippen LogP contribution in [0.1, 0.15) is 51.0 Å². The van der Waals surface area contributed by atoms with Gasteiger partial charge in [0.25, 0.3) is 0 Å². The summed E-state index contributed by atoms with van der Waals surface area (Å²) >= 11 is 0. The lowest BCUT2D eigenvalue weighted by Gasteiger charge is -2.33. The molecule has 0 heterocycles. The van der Waals surface area contributed by atoms with E-state index in [1.165, 1.54) is 25.3 Å². The molecule has 1 saturated carbocycles. The van der Waals surface area contributed by atoms with E-state index in [1.54, 1.807) is 7.11 Å². The summed E-state index contributed by atoms with van der Waals surface area (Å²) in [6.45, 7) is 5.30. The van der Waals surface area contributed by atoms with Gasteiger partial charge in [0.2, 0.25) is 0 Å². The molecule has 1 aliphatic rings. The van der Waals surface area contributed by atoms with Crippen molar-refractivity contribution in [2.45, 2.75) is 51.5 Å². The van der Waals surface area contributed by atoms with Crippen molar-refractivity contribution in [2.24, 2.45) is 5.92 Å². The fourth-order valence-corrected chi connectivity index (χ4v) is 3.18. The Balaban J connectivity index is 2.14. The summed E-state index contributed by atoms with van der Waals surface area (Å²) in [5, 5.41) is 3.51. The molecule has 0 bridgehead atoms. The van der Waals surface area contributed by atoms with Crippen LogP contribution in [0.3, 0.4) is 0 Å². The van der Waals surface area contributed by atoms with Crippen molar-refractivity contribution < 1.29 is 9.13 Å². The molecule has 112 valence electrons. The molecule has 1 N–H and O–H groups in total. The van der Waals surface area contributed by atoms with E-state index in [0.29, 0.717) is 23.6 Å². The summed E-state index contributed by atoms with van der Waals surface area (Å²) < 4.78 is 19.4. The van der Waals surface area contributed by atoms with Crippen LogP contribution in [0.15, 0.2) is 18.2 Å². The van der Waals surface area contributed by atoms with Gasteiger partial charge in [-0.25, -0.2) is 4.39 Å². The second-order valence-electron chi connectivity index (χ2n) is 6.10. The highest BCUT2D eigenvalue weighted by Crippen LogP contribution is 2.39. The van der Waals surface area contributed by atoms with Crippen molar-refractivity contribution in [3.05, 3.63) is 29.6 Å². The zero-order valence-corrected chi connectivity index (χ0v) is 12.8. The SMILES string of the molecule is COc1ccc(C2CCCCC2CNC(C)C)c(F)c1. The Morgan fingerprint density at radius 1 is 1.30 bits per heavy atom. The minimum Gasteiger partial charge on any atom is -0.497 e. The third kappa shape index (κ3) is 3.72. The summed E-state index contributed by atoms with van der Waals surface area (Å²) in [6.07, 6.45) is 4.75. The molecular formula is C17H26FNO. The standard InChI is InChI=1S/C17H26FNO/c1-12(2)19-11-13-6-4-5-7-15(13)16-9-8-14(20-3)10-17(16)18/h8-10,12-13,15,19H,4-7,11H2,1-3H3. The van der Waals surface area contributed by atoms with Crippen LogP contribution in [-0.2, 0) is 0 Å². The summed E-state index contributed by atoms with van der Waals surface area (Å²) in [7, 11) is 1.57. The van der Waals surface area contributed by atoms with Crippen LogP contribution in [0.25, 0.3) is 0 Å². The Morgan fingerprint density at radius 3 is 2.70 bits per heavy atom. The van der Waals surface area contributed by atoms with Crippen molar-refractivity contribution >= 4 is 0 Å². The monoisotopic (exact) mass is 279 g/mol. The van der Waals surface area contributed by atoms with Gasteiger partial charge >= 0.3 is 0 Å². The van der Waals surface area contributed by atoms with Gasteiger partial charge in [0, 0.05) is 12.1 Å². The van der Waals surface area contributed by atoms with E-state index >= 15 is 0 Å². The molecule has 20 heavy (non-hydrogen) atoms. The molecule has 3 heteroatoms. The van der Waals surface area contributed by atoms with E-state index in [1.807, 2.05) is 12.1 Å². The maximum Gasteiger partial charge on any atom is 0.130 e. The molecular weight excluding hydrogens is 253 g/mol. The van der Waals surface area contributed by atoms with Crippen molar-refractivity contribution in [2.75, 3.05) is 13.7 Å². The molecule has 2 unspecified atom stereocenters. The van der Waals surface area contributed by atoms with Gasteiger partial charge < -0.3 is 10.1 Å². The number of methoxy groups -OCH3 is 1. The molecule has 1 aromatic rings. The van der Waals surface area contributed by atoms with Crippen molar-refractivity contribution in [3.63, 3.8) is 0 Å². The minimum atomic E-state index is -0.120. The van der Waals surface area contributed by atoms with E-state index in [4.69, 9.17) is 4.74 Å². The lowest BCUT2D eigenvalue weighted by Crippen LogP contribution is -2.33. The van der Waals surface area contributed by atoms with Crippen LogP contribution in [0, 0.1) is 11.7 Å². The van der Waals surface area contributed by atoms with Gasteiger partial charge in [-0.3, -0.25) is 0 Å². The van der Waals surface area contributed by atoms with E-state index in [0.717, 1.165) is 18.5 Å². The lowest BCUT2D eigenvalue weighted by atomic mass is 9.75. The molecule has 1 aromatic carbocycles. The van der Waals surface area contributed by atoms with Gasteiger partial charge in [-0.05, 0) is 42.9 Å². The van der Waals surface area contributed by atoms with Crippen LogP contribution < -0.4 is 10.1 Å². The Labute approximate surface area is 121 Å². The smallest absolute Gasteiger partial charge is 0.130 e. The zero-order chi connectivity index (χ0) is 14.5. The third-order valence-electron chi connectivity index (χ3n) is 4.30. The first kappa shape index (κ1) is 15.3. The molecule has 0 aliphatic heterocycles. The second-order valence-corrected chi connectivity index (χ2v) is 6.10. The average molecular weight is 279 g/mol. The Bertz CT molecular complexity index is 433. The van der Waals surface area contributed by atoms with Crippen LogP contribution in [-0.4, -0.2) is 19.7 Å². The van der Waals surface area contributed by atoms with E-state index < -0.39 is 0 Å². The van der Waals surface area contributed by atoms with Gasteiger partial charge in [0.05, 0.1) is 7.11 Å². The predicted octanol–water partition coefficient (Wildman–Crippen LogP) is 4.11. The van der Waals surface area contributed by atoms with Gasteiger partial charge in [0.15, 0.2) is 0 Å².